The number of rotatable bonds is 7. The van der Waals surface area contributed by atoms with Crippen LogP contribution in [0.3, 0.4) is 0 Å². The van der Waals surface area contributed by atoms with Crippen LogP contribution in [-0.2, 0) is 4.79 Å². The first-order valence-electron chi connectivity index (χ1n) is 6.87. The van der Waals surface area contributed by atoms with E-state index < -0.39 is 11.4 Å². The summed E-state index contributed by atoms with van der Waals surface area (Å²) in [4.78, 5) is 10.9. The van der Waals surface area contributed by atoms with Crippen molar-refractivity contribution >= 4 is 17.7 Å². The molecule has 0 saturated heterocycles. The number of unbranched alkanes of at least 4 members (excludes halogenated alkanes) is 1. The summed E-state index contributed by atoms with van der Waals surface area (Å²) in [5, 5.41) is 9.88. The number of carboxylic acid groups (broad SMARTS) is 1. The van der Waals surface area contributed by atoms with Gasteiger partial charge in [0.25, 0.3) is 0 Å². The molecule has 0 spiro atoms. The van der Waals surface area contributed by atoms with Gasteiger partial charge in [0.2, 0.25) is 0 Å². The van der Waals surface area contributed by atoms with Gasteiger partial charge in [-0.1, -0.05) is 25.7 Å². The van der Waals surface area contributed by atoms with E-state index in [9.17, 15) is 4.79 Å². The lowest BCUT2D eigenvalue weighted by atomic mass is 9.88. The largest absolute Gasteiger partial charge is 0.481 e. The van der Waals surface area contributed by atoms with Crippen LogP contribution in [0, 0.1) is 5.41 Å². The Morgan fingerprint density at radius 1 is 1.24 bits per heavy atom. The summed E-state index contributed by atoms with van der Waals surface area (Å²) in [6, 6.07) is 0. The fraction of sp³-hybridized carbons (Fsp3) is 0.929. The SMILES string of the molecule is CC(C)(CCCCSC1CCCCC1)C(=O)O. The van der Waals surface area contributed by atoms with Crippen molar-refractivity contribution in [2.24, 2.45) is 5.41 Å². The van der Waals surface area contributed by atoms with E-state index in [1.807, 2.05) is 13.8 Å². The van der Waals surface area contributed by atoms with Crippen molar-refractivity contribution in [3.05, 3.63) is 0 Å². The molecule has 100 valence electrons. The Balaban J connectivity index is 2.02. The molecule has 0 aromatic rings. The summed E-state index contributed by atoms with van der Waals surface area (Å²) >= 11 is 2.11. The van der Waals surface area contributed by atoms with E-state index in [-0.39, 0.29) is 0 Å². The molecule has 17 heavy (non-hydrogen) atoms. The molecule has 0 atom stereocenters. The summed E-state index contributed by atoms with van der Waals surface area (Å²) in [5.41, 5.74) is -0.546. The Kier molecular flexibility index (Phi) is 6.39. The van der Waals surface area contributed by atoms with Crippen LogP contribution >= 0.6 is 11.8 Å². The standard InChI is InChI=1S/C14H26O2S/c1-14(2,13(15)16)10-6-7-11-17-12-8-4-3-5-9-12/h12H,3-11H2,1-2H3,(H,15,16). The molecule has 0 amide bonds. The zero-order valence-corrected chi connectivity index (χ0v) is 12.0. The summed E-state index contributed by atoms with van der Waals surface area (Å²) in [6.07, 6.45) is 10.0. The topological polar surface area (TPSA) is 37.3 Å². The van der Waals surface area contributed by atoms with Gasteiger partial charge in [-0.2, -0.15) is 11.8 Å². The molecule has 0 bridgehead atoms. The van der Waals surface area contributed by atoms with Crippen LogP contribution in [0.25, 0.3) is 0 Å². The lowest BCUT2D eigenvalue weighted by Gasteiger charge is -2.21. The van der Waals surface area contributed by atoms with Gasteiger partial charge in [0.1, 0.15) is 0 Å². The number of aliphatic carboxylic acids is 1. The van der Waals surface area contributed by atoms with Crippen molar-refractivity contribution in [3.8, 4) is 0 Å². The van der Waals surface area contributed by atoms with Crippen LogP contribution in [0.4, 0.5) is 0 Å². The molecule has 1 N–H and O–H groups in total. The van der Waals surface area contributed by atoms with Gasteiger partial charge < -0.3 is 5.11 Å². The van der Waals surface area contributed by atoms with E-state index in [4.69, 9.17) is 5.11 Å². The highest BCUT2D eigenvalue weighted by molar-refractivity contribution is 7.99. The van der Waals surface area contributed by atoms with Crippen LogP contribution in [-0.4, -0.2) is 22.1 Å². The minimum atomic E-state index is -0.669. The fourth-order valence-electron chi connectivity index (χ4n) is 2.26. The Morgan fingerprint density at radius 3 is 2.47 bits per heavy atom. The number of hydrogen-bond donors (Lipinski definition) is 1. The molecule has 1 fully saturated rings. The molecule has 1 saturated carbocycles. The Labute approximate surface area is 110 Å². The van der Waals surface area contributed by atoms with Gasteiger partial charge >= 0.3 is 5.97 Å². The van der Waals surface area contributed by atoms with Crippen molar-refractivity contribution < 1.29 is 9.90 Å². The first-order valence-corrected chi connectivity index (χ1v) is 7.92. The highest BCUT2D eigenvalue weighted by Crippen LogP contribution is 2.29. The number of carbonyl (C=O) groups is 1. The lowest BCUT2D eigenvalue weighted by Crippen LogP contribution is -2.23. The molecule has 3 heteroatoms. The van der Waals surface area contributed by atoms with Crippen LogP contribution in [0.15, 0.2) is 0 Å². The molecule has 0 aliphatic heterocycles. The summed E-state index contributed by atoms with van der Waals surface area (Å²) < 4.78 is 0. The van der Waals surface area contributed by atoms with Gasteiger partial charge in [0.15, 0.2) is 0 Å². The van der Waals surface area contributed by atoms with E-state index in [2.05, 4.69) is 11.8 Å². The highest BCUT2D eigenvalue weighted by Gasteiger charge is 2.26. The minimum absolute atomic E-state index is 0.546. The first kappa shape index (κ1) is 14.9. The Hall–Kier alpha value is -0.180. The van der Waals surface area contributed by atoms with Crippen molar-refractivity contribution in [3.63, 3.8) is 0 Å². The zero-order chi connectivity index (χ0) is 12.7. The molecule has 0 radical (unpaired) electrons. The third kappa shape index (κ3) is 5.80. The van der Waals surface area contributed by atoms with Gasteiger partial charge in [0.05, 0.1) is 5.41 Å². The highest BCUT2D eigenvalue weighted by atomic mass is 32.2. The van der Waals surface area contributed by atoms with Gasteiger partial charge in [-0.25, -0.2) is 0 Å². The number of carboxylic acids is 1. The Bertz CT molecular complexity index is 232. The van der Waals surface area contributed by atoms with E-state index in [1.54, 1.807) is 0 Å². The average Bonchev–Trinajstić information content (AvgIpc) is 2.29. The van der Waals surface area contributed by atoms with Crippen molar-refractivity contribution in [2.75, 3.05) is 5.75 Å². The van der Waals surface area contributed by atoms with Crippen LogP contribution in [0.1, 0.15) is 65.2 Å². The molecule has 1 aliphatic rings. The van der Waals surface area contributed by atoms with E-state index >= 15 is 0 Å². The summed E-state index contributed by atoms with van der Waals surface area (Å²) in [6.45, 7) is 3.65. The normalized spacial score (nSPS) is 18.2. The number of thioether (sulfide) groups is 1. The third-order valence-corrected chi connectivity index (χ3v) is 5.15. The van der Waals surface area contributed by atoms with Gasteiger partial charge in [-0.15, -0.1) is 0 Å². The second-order valence-electron chi connectivity index (χ2n) is 5.78. The van der Waals surface area contributed by atoms with E-state index in [0.717, 1.165) is 24.5 Å². The monoisotopic (exact) mass is 258 g/mol. The van der Waals surface area contributed by atoms with Crippen molar-refractivity contribution in [1.82, 2.24) is 0 Å². The molecule has 0 aromatic heterocycles. The molecule has 2 nitrogen and oxygen atoms in total. The van der Waals surface area contributed by atoms with Gasteiger partial charge in [-0.05, 0) is 45.3 Å². The molecular formula is C14H26O2S. The molecular weight excluding hydrogens is 232 g/mol. The maximum atomic E-state index is 10.9. The predicted octanol–water partition coefficient (Wildman–Crippen LogP) is 4.33. The van der Waals surface area contributed by atoms with Crippen LogP contribution in [0.5, 0.6) is 0 Å². The second-order valence-corrected chi connectivity index (χ2v) is 7.19. The number of hydrogen-bond acceptors (Lipinski definition) is 2. The lowest BCUT2D eigenvalue weighted by molar-refractivity contribution is -0.147. The maximum absolute atomic E-state index is 10.9. The van der Waals surface area contributed by atoms with Gasteiger partial charge in [0, 0.05) is 5.25 Å². The predicted molar refractivity (Wildman–Crippen MR) is 74.6 cm³/mol. The molecule has 1 rings (SSSR count). The zero-order valence-electron chi connectivity index (χ0n) is 11.2. The first-order chi connectivity index (χ1) is 8.02. The molecule has 1 aliphatic carbocycles. The van der Waals surface area contributed by atoms with Crippen molar-refractivity contribution in [2.45, 2.75) is 70.5 Å². The smallest absolute Gasteiger partial charge is 0.309 e. The minimum Gasteiger partial charge on any atom is -0.481 e. The second kappa shape index (κ2) is 7.30. The maximum Gasteiger partial charge on any atom is 0.309 e. The van der Waals surface area contributed by atoms with E-state index in [0.29, 0.717) is 0 Å². The summed E-state index contributed by atoms with van der Waals surface area (Å²) in [7, 11) is 0. The van der Waals surface area contributed by atoms with Gasteiger partial charge in [-0.3, -0.25) is 4.79 Å². The molecule has 0 aromatic carbocycles. The third-order valence-electron chi connectivity index (χ3n) is 3.68. The summed E-state index contributed by atoms with van der Waals surface area (Å²) in [5.74, 6) is 0.540. The Morgan fingerprint density at radius 2 is 1.88 bits per heavy atom. The van der Waals surface area contributed by atoms with Crippen molar-refractivity contribution in [1.29, 1.82) is 0 Å². The van der Waals surface area contributed by atoms with Crippen LogP contribution < -0.4 is 0 Å². The molecule has 0 heterocycles. The fourth-order valence-corrected chi connectivity index (χ4v) is 3.63. The molecule has 0 unspecified atom stereocenters. The average molecular weight is 258 g/mol. The quantitative estimate of drug-likeness (QED) is 0.690. The van der Waals surface area contributed by atoms with Crippen LogP contribution in [0.2, 0.25) is 0 Å². The van der Waals surface area contributed by atoms with E-state index in [1.165, 1.54) is 37.9 Å².